The maximum absolute atomic E-state index is 12.1. The van der Waals surface area contributed by atoms with Crippen LogP contribution in [0.3, 0.4) is 0 Å². The van der Waals surface area contributed by atoms with Crippen LogP contribution in [0.5, 0.6) is 0 Å². The van der Waals surface area contributed by atoms with E-state index in [1.807, 2.05) is 30.5 Å². The molecule has 0 saturated carbocycles. The molecule has 0 unspecified atom stereocenters. The molecule has 1 aliphatic rings. The number of carbonyl (C=O) groups excluding carboxylic acids is 2. The number of ether oxygens (including phenoxy) is 1. The molecular formula is C16H23N3O3S. The van der Waals surface area contributed by atoms with Gasteiger partial charge in [-0.1, -0.05) is 12.1 Å². The third kappa shape index (κ3) is 5.06. The maximum Gasteiger partial charge on any atom is 0.409 e. The number of para-hydroxylation sites is 1. The number of hydrogen-bond acceptors (Lipinski definition) is 4. The average molecular weight is 337 g/mol. The molecular weight excluding hydrogens is 314 g/mol. The summed E-state index contributed by atoms with van der Waals surface area (Å²) in [6.07, 6.45) is 3.17. The van der Waals surface area contributed by atoms with Crippen LogP contribution in [0.4, 0.5) is 15.3 Å². The van der Waals surface area contributed by atoms with E-state index < -0.39 is 0 Å². The molecule has 1 fully saturated rings. The Bertz CT molecular complexity index is 545. The van der Waals surface area contributed by atoms with Crippen molar-refractivity contribution < 1.29 is 14.3 Å². The van der Waals surface area contributed by atoms with Crippen LogP contribution >= 0.6 is 11.8 Å². The molecule has 1 heterocycles. The molecule has 1 aromatic carbocycles. The molecule has 0 aliphatic carbocycles. The lowest BCUT2D eigenvalue weighted by Crippen LogP contribution is -2.47. The lowest BCUT2D eigenvalue weighted by molar-refractivity contribution is 0.0959. The molecule has 3 amide bonds. The highest BCUT2D eigenvalue weighted by atomic mass is 32.2. The van der Waals surface area contributed by atoms with Gasteiger partial charge < -0.3 is 20.3 Å². The van der Waals surface area contributed by atoms with Crippen molar-refractivity contribution in [2.45, 2.75) is 30.7 Å². The smallest absolute Gasteiger partial charge is 0.409 e. The van der Waals surface area contributed by atoms with Gasteiger partial charge in [0.1, 0.15) is 0 Å². The Balaban J connectivity index is 1.80. The van der Waals surface area contributed by atoms with Crippen LogP contribution in [0.25, 0.3) is 0 Å². The van der Waals surface area contributed by atoms with E-state index in [4.69, 9.17) is 4.74 Å². The summed E-state index contributed by atoms with van der Waals surface area (Å²) >= 11 is 1.59. The van der Waals surface area contributed by atoms with Crippen molar-refractivity contribution in [1.29, 1.82) is 0 Å². The van der Waals surface area contributed by atoms with E-state index in [2.05, 4.69) is 10.6 Å². The number of amides is 3. The van der Waals surface area contributed by atoms with Crippen molar-refractivity contribution in [1.82, 2.24) is 10.2 Å². The van der Waals surface area contributed by atoms with Crippen molar-refractivity contribution in [2.24, 2.45) is 0 Å². The van der Waals surface area contributed by atoms with E-state index in [1.165, 1.54) is 0 Å². The first-order valence-electron chi connectivity index (χ1n) is 7.76. The second-order valence-electron chi connectivity index (χ2n) is 5.26. The zero-order chi connectivity index (χ0) is 16.7. The monoisotopic (exact) mass is 337 g/mol. The lowest BCUT2D eigenvalue weighted by atomic mass is 10.1. The molecule has 0 bridgehead atoms. The second-order valence-corrected chi connectivity index (χ2v) is 6.11. The van der Waals surface area contributed by atoms with Gasteiger partial charge in [-0.3, -0.25) is 0 Å². The van der Waals surface area contributed by atoms with Crippen LogP contribution in [-0.4, -0.2) is 49.0 Å². The summed E-state index contributed by atoms with van der Waals surface area (Å²) in [6, 6.07) is 7.56. The molecule has 7 heteroatoms. The van der Waals surface area contributed by atoms with Crippen LogP contribution in [-0.2, 0) is 4.74 Å². The van der Waals surface area contributed by atoms with Crippen LogP contribution in [0.1, 0.15) is 19.8 Å². The van der Waals surface area contributed by atoms with Gasteiger partial charge in [-0.05, 0) is 38.2 Å². The SMILES string of the molecule is CCOC(=O)N1CCC(NC(=O)Nc2ccccc2SC)CC1. The van der Waals surface area contributed by atoms with Crippen molar-refractivity contribution in [3.05, 3.63) is 24.3 Å². The van der Waals surface area contributed by atoms with E-state index in [-0.39, 0.29) is 18.2 Å². The van der Waals surface area contributed by atoms with Gasteiger partial charge in [0.25, 0.3) is 0 Å². The number of piperidine rings is 1. The van der Waals surface area contributed by atoms with Crippen LogP contribution in [0.2, 0.25) is 0 Å². The zero-order valence-electron chi connectivity index (χ0n) is 13.5. The summed E-state index contributed by atoms with van der Waals surface area (Å²) in [5, 5.41) is 5.86. The van der Waals surface area contributed by atoms with Gasteiger partial charge in [0, 0.05) is 24.0 Å². The number of nitrogens with zero attached hydrogens (tertiary/aromatic N) is 1. The summed E-state index contributed by atoms with van der Waals surface area (Å²) in [5.74, 6) is 0. The number of thioether (sulfide) groups is 1. The number of nitrogens with one attached hydrogen (secondary N) is 2. The average Bonchev–Trinajstić information content (AvgIpc) is 2.56. The number of likely N-dealkylation sites (tertiary alicyclic amines) is 1. The summed E-state index contributed by atoms with van der Waals surface area (Å²) in [5.41, 5.74) is 0.807. The van der Waals surface area contributed by atoms with Crippen molar-refractivity contribution >= 4 is 29.6 Å². The van der Waals surface area contributed by atoms with Crippen LogP contribution in [0.15, 0.2) is 29.2 Å². The first kappa shape index (κ1) is 17.5. The predicted octanol–water partition coefficient (Wildman–Crippen LogP) is 3.15. The van der Waals surface area contributed by atoms with E-state index in [0.29, 0.717) is 19.7 Å². The minimum Gasteiger partial charge on any atom is -0.450 e. The first-order valence-corrected chi connectivity index (χ1v) is 8.98. The first-order chi connectivity index (χ1) is 11.1. The molecule has 126 valence electrons. The topological polar surface area (TPSA) is 70.7 Å². The van der Waals surface area contributed by atoms with E-state index in [0.717, 1.165) is 23.4 Å². The van der Waals surface area contributed by atoms with Crippen LogP contribution in [0, 0.1) is 0 Å². The molecule has 0 radical (unpaired) electrons. The predicted molar refractivity (Wildman–Crippen MR) is 92.0 cm³/mol. The van der Waals surface area contributed by atoms with E-state index in [1.54, 1.807) is 23.6 Å². The fraction of sp³-hybridized carbons (Fsp3) is 0.500. The van der Waals surface area contributed by atoms with Gasteiger partial charge in [-0.15, -0.1) is 11.8 Å². The fourth-order valence-electron chi connectivity index (χ4n) is 2.51. The number of anilines is 1. The van der Waals surface area contributed by atoms with Gasteiger partial charge in [-0.25, -0.2) is 9.59 Å². The third-order valence-corrected chi connectivity index (χ3v) is 4.51. The molecule has 0 atom stereocenters. The quantitative estimate of drug-likeness (QED) is 0.828. The van der Waals surface area contributed by atoms with Crippen molar-refractivity contribution in [3.63, 3.8) is 0 Å². The summed E-state index contributed by atoms with van der Waals surface area (Å²) in [7, 11) is 0. The minimum absolute atomic E-state index is 0.0714. The van der Waals surface area contributed by atoms with Crippen molar-refractivity contribution in [3.8, 4) is 0 Å². The Kier molecular flexibility index (Phi) is 6.58. The minimum atomic E-state index is -0.274. The highest BCUT2D eigenvalue weighted by molar-refractivity contribution is 7.98. The largest absolute Gasteiger partial charge is 0.450 e. The molecule has 2 N–H and O–H groups in total. The molecule has 0 spiro atoms. The summed E-state index contributed by atoms with van der Waals surface area (Å²) in [4.78, 5) is 26.5. The van der Waals surface area contributed by atoms with Crippen LogP contribution < -0.4 is 10.6 Å². The Morgan fingerprint density at radius 3 is 2.65 bits per heavy atom. The number of carbonyl (C=O) groups is 2. The summed E-state index contributed by atoms with van der Waals surface area (Å²) in [6.45, 7) is 3.38. The molecule has 23 heavy (non-hydrogen) atoms. The number of hydrogen-bond donors (Lipinski definition) is 2. The molecule has 1 aliphatic heterocycles. The molecule has 2 rings (SSSR count). The number of urea groups is 1. The zero-order valence-corrected chi connectivity index (χ0v) is 14.3. The van der Waals surface area contributed by atoms with Crippen molar-refractivity contribution in [2.75, 3.05) is 31.3 Å². The Morgan fingerprint density at radius 2 is 2.00 bits per heavy atom. The highest BCUT2D eigenvalue weighted by Crippen LogP contribution is 2.24. The molecule has 1 saturated heterocycles. The third-order valence-electron chi connectivity index (χ3n) is 3.71. The normalized spacial score (nSPS) is 15.1. The van der Waals surface area contributed by atoms with E-state index in [9.17, 15) is 9.59 Å². The van der Waals surface area contributed by atoms with Gasteiger partial charge in [0.05, 0.1) is 12.3 Å². The Morgan fingerprint density at radius 1 is 1.30 bits per heavy atom. The highest BCUT2D eigenvalue weighted by Gasteiger charge is 2.24. The van der Waals surface area contributed by atoms with Gasteiger partial charge in [0.2, 0.25) is 0 Å². The Labute approximate surface area is 140 Å². The Hall–Kier alpha value is -1.89. The standard InChI is InChI=1S/C16H23N3O3S/c1-3-22-16(21)19-10-8-12(9-11-19)17-15(20)18-13-6-4-5-7-14(13)23-2/h4-7,12H,3,8-11H2,1-2H3,(H2,17,18,20). The second kappa shape index (κ2) is 8.67. The lowest BCUT2D eigenvalue weighted by Gasteiger charge is -2.31. The summed E-state index contributed by atoms with van der Waals surface area (Å²) < 4.78 is 4.99. The van der Waals surface area contributed by atoms with Gasteiger partial charge in [-0.2, -0.15) is 0 Å². The maximum atomic E-state index is 12.1. The van der Waals surface area contributed by atoms with Gasteiger partial charge in [0.15, 0.2) is 0 Å². The van der Waals surface area contributed by atoms with Gasteiger partial charge >= 0.3 is 12.1 Å². The number of rotatable bonds is 4. The fourth-order valence-corrected chi connectivity index (χ4v) is 3.07. The molecule has 1 aromatic rings. The molecule has 6 nitrogen and oxygen atoms in total. The van der Waals surface area contributed by atoms with E-state index >= 15 is 0 Å². The molecule has 0 aromatic heterocycles. The number of benzene rings is 1.